The summed E-state index contributed by atoms with van der Waals surface area (Å²) in [6.07, 6.45) is -3.50. The van der Waals surface area contributed by atoms with Crippen LogP contribution in [-0.4, -0.2) is 52.6 Å². The summed E-state index contributed by atoms with van der Waals surface area (Å²) in [6, 6.07) is 0. The van der Waals surface area contributed by atoms with E-state index < -0.39 is 131 Å². The summed E-state index contributed by atoms with van der Waals surface area (Å²) >= 11 is 0. The van der Waals surface area contributed by atoms with Crippen molar-refractivity contribution < 1.29 is 113 Å². The Kier molecular flexibility index (Phi) is 23.4. The van der Waals surface area contributed by atoms with Crippen LogP contribution in [0.5, 0.6) is 0 Å². The summed E-state index contributed by atoms with van der Waals surface area (Å²) in [5.41, 5.74) is 0. The van der Waals surface area contributed by atoms with E-state index >= 15 is 0 Å². The van der Waals surface area contributed by atoms with Gasteiger partial charge in [0.2, 0.25) is 35.0 Å². The molecule has 0 bridgehead atoms. The van der Waals surface area contributed by atoms with E-state index in [0.717, 1.165) is 19.3 Å². The molecular formula is C33H42F18N3O4P. The third-order valence-electron chi connectivity index (χ3n) is 8.45. The smallest absolute Gasteiger partial charge is 0.365 e. The molecule has 3 rings (SSSR count). The van der Waals surface area contributed by atoms with Crippen molar-refractivity contribution in [3.8, 4) is 0 Å². The molecule has 7 nitrogen and oxygen atoms in total. The van der Waals surface area contributed by atoms with Crippen molar-refractivity contribution in [2.45, 2.75) is 117 Å². The molecule has 3 aliphatic rings. The van der Waals surface area contributed by atoms with E-state index in [-0.39, 0.29) is 19.3 Å². The maximum atomic E-state index is 13.9. The Labute approximate surface area is 327 Å². The number of quaternary nitrogens is 3. The van der Waals surface area contributed by atoms with E-state index in [1.807, 2.05) is 20.8 Å². The van der Waals surface area contributed by atoms with Crippen molar-refractivity contribution in [1.82, 2.24) is 0 Å². The second kappa shape index (κ2) is 24.6. The number of phosphoric acid groups is 1. The van der Waals surface area contributed by atoms with Gasteiger partial charge in [0.05, 0.1) is 0 Å². The van der Waals surface area contributed by atoms with Crippen LogP contribution in [0.1, 0.15) is 97.8 Å². The highest BCUT2D eigenvalue weighted by Gasteiger charge is 2.57. The summed E-state index contributed by atoms with van der Waals surface area (Å²) in [7, 11) is -5.39. The Morgan fingerprint density at radius 3 is 0.763 bits per heavy atom. The molecule has 26 heteroatoms. The molecule has 0 aromatic carbocycles. The summed E-state index contributed by atoms with van der Waals surface area (Å²) in [4.78, 5) is 25.6. The fourth-order valence-corrected chi connectivity index (χ4v) is 5.17. The van der Waals surface area contributed by atoms with Gasteiger partial charge in [-0.1, -0.05) is 59.3 Å². The van der Waals surface area contributed by atoms with Gasteiger partial charge in [-0.05, 0) is 33.4 Å². The van der Waals surface area contributed by atoms with Gasteiger partial charge in [0.15, 0.2) is 0 Å². The predicted molar refractivity (Wildman–Crippen MR) is 169 cm³/mol. The molecule has 6 unspecified atom stereocenters. The normalized spacial score (nSPS) is 27.7. The van der Waals surface area contributed by atoms with Crippen molar-refractivity contribution in [1.29, 1.82) is 0 Å². The fourth-order valence-electron chi connectivity index (χ4n) is 5.17. The molecule has 0 saturated carbocycles. The number of allylic oxidation sites excluding steroid dienone is 6. The van der Waals surface area contributed by atoms with Crippen molar-refractivity contribution in [2.75, 3.05) is 19.6 Å². The summed E-state index contributed by atoms with van der Waals surface area (Å²) in [5.74, 6) is -27.3. The molecule has 0 radical (unpaired) electrons. The zero-order valence-electron chi connectivity index (χ0n) is 31.6. The topological polar surface area (TPSA) is 86.2 Å². The van der Waals surface area contributed by atoms with E-state index in [2.05, 4.69) is 0 Å². The lowest BCUT2D eigenvalue weighted by atomic mass is 10.2. The molecule has 0 saturated heterocycles. The molecule has 59 heavy (non-hydrogen) atoms. The molecule has 0 aliphatic carbocycles. The Morgan fingerprint density at radius 2 is 0.593 bits per heavy atom. The van der Waals surface area contributed by atoms with E-state index in [1.54, 1.807) is 0 Å². The van der Waals surface area contributed by atoms with Gasteiger partial charge in [0.1, 0.15) is 19.6 Å². The highest BCUT2D eigenvalue weighted by Crippen LogP contribution is 2.45. The van der Waals surface area contributed by atoms with Gasteiger partial charge < -0.3 is 19.2 Å². The number of hydrogen-bond donors (Lipinski definition) is 0. The monoisotopic (exact) mass is 917 g/mol. The lowest BCUT2D eigenvalue weighted by Gasteiger charge is -2.36. The zero-order chi connectivity index (χ0) is 46.3. The second-order valence-corrected chi connectivity index (χ2v) is 13.8. The van der Waals surface area contributed by atoms with E-state index in [9.17, 15) is 79.3 Å². The van der Waals surface area contributed by atoms with Crippen LogP contribution in [0.2, 0.25) is 0 Å². The molecule has 0 aromatic rings. The minimum atomic E-state index is -5.39. The lowest BCUT2D eigenvalue weighted by molar-refractivity contribution is -1.06. The van der Waals surface area contributed by atoms with Gasteiger partial charge in [0.25, 0.3) is 17.5 Å². The standard InChI is InChI=1S/3C11H14F6N.H3O4P/c3*1-2-3-4-5-6-18(17)10(15)8(13)7(12)9(14)11(18)16;1-5(2,3)4/h3*10H,2-6H2,1H3;(H3,1,2,3,4)/q3*+1;/p-3. The zero-order valence-corrected chi connectivity index (χ0v) is 32.5. The minimum absolute atomic E-state index is 0.0420. The van der Waals surface area contributed by atoms with Crippen LogP contribution in [0.25, 0.3) is 0 Å². The minimum Gasteiger partial charge on any atom is -0.822 e. The molecule has 0 spiro atoms. The van der Waals surface area contributed by atoms with E-state index in [0.29, 0.717) is 38.5 Å². The summed E-state index contributed by atoms with van der Waals surface area (Å²) in [5, 5.41) is 0. The van der Waals surface area contributed by atoms with Gasteiger partial charge in [-0.3, -0.25) is 0 Å². The maximum Gasteiger partial charge on any atom is 0.365 e. The van der Waals surface area contributed by atoms with Crippen LogP contribution in [0.4, 0.5) is 79.3 Å². The Hall–Kier alpha value is -2.83. The Morgan fingerprint density at radius 1 is 0.407 bits per heavy atom. The van der Waals surface area contributed by atoms with Crippen LogP contribution in [0.3, 0.4) is 0 Å². The van der Waals surface area contributed by atoms with Crippen LogP contribution in [0, 0.1) is 0 Å². The lowest BCUT2D eigenvalue weighted by Crippen LogP contribution is -2.48. The molecule has 3 aliphatic heterocycles. The van der Waals surface area contributed by atoms with Crippen molar-refractivity contribution >= 4 is 7.82 Å². The van der Waals surface area contributed by atoms with Crippen LogP contribution < -0.4 is 14.7 Å². The van der Waals surface area contributed by atoms with Gasteiger partial charge in [-0.2, -0.15) is 47.3 Å². The number of alkyl halides is 3. The second-order valence-electron chi connectivity index (χ2n) is 12.9. The fraction of sp³-hybridized carbons (Fsp3) is 0.636. The number of unbranched alkanes of at least 4 members (excludes halogenated alkanes) is 9. The highest BCUT2D eigenvalue weighted by atomic mass is 31.2. The Bertz CT molecular complexity index is 1480. The molecule has 3 heterocycles. The largest absolute Gasteiger partial charge is 0.822 e. The third-order valence-corrected chi connectivity index (χ3v) is 8.45. The molecular weight excluding hydrogens is 875 g/mol. The van der Waals surface area contributed by atoms with Gasteiger partial charge in [-0.15, -0.1) is 13.2 Å². The summed E-state index contributed by atoms with van der Waals surface area (Å²) < 4.78 is 237. The molecule has 0 aromatic heterocycles. The van der Waals surface area contributed by atoms with Crippen molar-refractivity contribution in [2.24, 2.45) is 0 Å². The highest BCUT2D eigenvalue weighted by molar-refractivity contribution is 7.40. The quantitative estimate of drug-likeness (QED) is 0.0538. The maximum absolute atomic E-state index is 13.9. The van der Waals surface area contributed by atoms with Crippen molar-refractivity contribution in [3.05, 3.63) is 70.3 Å². The first-order valence-electron chi connectivity index (χ1n) is 17.8. The van der Waals surface area contributed by atoms with Crippen LogP contribution in [0.15, 0.2) is 70.3 Å². The predicted octanol–water partition coefficient (Wildman–Crippen LogP) is 11.7. The average Bonchev–Trinajstić information content (AvgIpc) is 3.19. The van der Waals surface area contributed by atoms with Gasteiger partial charge >= 0.3 is 36.7 Å². The Balaban J connectivity index is 0.000000807. The number of rotatable bonds is 15. The number of hydrogen-bond acceptors (Lipinski definition) is 4. The number of nitrogens with zero attached hydrogens (tertiary/aromatic N) is 3. The van der Waals surface area contributed by atoms with Crippen LogP contribution in [-0.2, 0) is 4.57 Å². The first-order valence-corrected chi connectivity index (χ1v) is 19.3. The average molecular weight is 918 g/mol. The molecule has 0 N–H and O–H groups in total. The first-order chi connectivity index (χ1) is 27.1. The molecule has 6 atom stereocenters. The van der Waals surface area contributed by atoms with Gasteiger partial charge in [-0.25, -0.2) is 13.2 Å². The molecule has 0 fully saturated rings. The number of halogens is 18. The third kappa shape index (κ3) is 14.9. The first kappa shape index (κ1) is 56.2. The SMILES string of the molecule is CCCCCC[N+]1(F)C(F)=C(F)C(F)=C(F)C1F.CCCCCC[N+]1(F)C(F)=C(F)C(F)=C(F)C1F.CCCCCC[N+]1(F)C(F)=C(F)C(F)=C(F)C1F.O=P([O-])([O-])[O-]. The van der Waals surface area contributed by atoms with E-state index in [4.69, 9.17) is 19.2 Å². The molecule has 0 amide bonds. The van der Waals surface area contributed by atoms with Crippen LogP contribution >= 0.6 is 7.82 Å². The van der Waals surface area contributed by atoms with E-state index in [1.165, 1.54) is 0 Å². The van der Waals surface area contributed by atoms with Crippen molar-refractivity contribution in [3.63, 3.8) is 0 Å². The van der Waals surface area contributed by atoms with Gasteiger partial charge in [0, 0.05) is 32.7 Å². The molecule has 344 valence electrons. The summed E-state index contributed by atoms with van der Waals surface area (Å²) in [6.45, 7) is 3.28.